The van der Waals surface area contributed by atoms with Crippen molar-refractivity contribution >= 4 is 11.9 Å². The number of ether oxygens (including phenoxy) is 2. The number of nitrogens with zero attached hydrogens (tertiary/aromatic N) is 1. The summed E-state index contributed by atoms with van der Waals surface area (Å²) in [6.45, 7) is 3.39. The van der Waals surface area contributed by atoms with Gasteiger partial charge in [0.1, 0.15) is 6.54 Å². The fourth-order valence-electron chi connectivity index (χ4n) is 2.01. The van der Waals surface area contributed by atoms with Crippen LogP contribution in [0.5, 0.6) is 0 Å². The van der Waals surface area contributed by atoms with Gasteiger partial charge in [-0.3, -0.25) is 9.59 Å². The van der Waals surface area contributed by atoms with Gasteiger partial charge in [0.15, 0.2) is 0 Å². The predicted octanol–water partition coefficient (Wildman–Crippen LogP) is -0.0941. The standard InChI is InChI=1S/C12H22N2O4/c1-3-6-14(9-10(15)17-2)11(16)12(13)4-7-18-8-5-12/h3-9,13H2,1-2H3. The van der Waals surface area contributed by atoms with E-state index in [9.17, 15) is 9.59 Å². The van der Waals surface area contributed by atoms with Gasteiger partial charge >= 0.3 is 5.97 Å². The van der Waals surface area contributed by atoms with E-state index in [-0.39, 0.29) is 12.5 Å². The van der Waals surface area contributed by atoms with Gasteiger partial charge in [0.25, 0.3) is 0 Å². The number of nitrogens with two attached hydrogens (primary N) is 1. The number of carbonyl (C=O) groups is 2. The fourth-order valence-corrected chi connectivity index (χ4v) is 2.01. The lowest BCUT2D eigenvalue weighted by Crippen LogP contribution is -2.58. The van der Waals surface area contributed by atoms with E-state index in [0.717, 1.165) is 6.42 Å². The Kier molecular flexibility index (Phi) is 5.55. The van der Waals surface area contributed by atoms with Crippen LogP contribution in [-0.2, 0) is 19.1 Å². The molecule has 104 valence electrons. The van der Waals surface area contributed by atoms with E-state index in [0.29, 0.717) is 32.6 Å². The summed E-state index contributed by atoms with van der Waals surface area (Å²) in [5.74, 6) is -0.606. The second-order valence-electron chi connectivity index (χ2n) is 4.57. The molecule has 0 aliphatic carbocycles. The minimum atomic E-state index is -0.901. The number of esters is 1. The summed E-state index contributed by atoms with van der Waals surface area (Å²) in [6.07, 6.45) is 1.76. The van der Waals surface area contributed by atoms with Crippen LogP contribution in [-0.4, -0.2) is 55.7 Å². The van der Waals surface area contributed by atoms with Crippen LogP contribution in [0.25, 0.3) is 0 Å². The molecule has 0 aromatic carbocycles. The van der Waals surface area contributed by atoms with Crippen LogP contribution in [0.15, 0.2) is 0 Å². The average molecular weight is 258 g/mol. The van der Waals surface area contributed by atoms with Crippen molar-refractivity contribution in [1.29, 1.82) is 0 Å². The Morgan fingerprint density at radius 3 is 2.50 bits per heavy atom. The Balaban J connectivity index is 2.71. The molecule has 6 nitrogen and oxygen atoms in total. The van der Waals surface area contributed by atoms with E-state index in [2.05, 4.69) is 4.74 Å². The highest BCUT2D eigenvalue weighted by Crippen LogP contribution is 2.20. The molecule has 0 spiro atoms. The first kappa shape index (κ1) is 14.9. The van der Waals surface area contributed by atoms with Gasteiger partial charge in [-0.05, 0) is 19.3 Å². The van der Waals surface area contributed by atoms with Crippen molar-refractivity contribution in [3.05, 3.63) is 0 Å². The third kappa shape index (κ3) is 3.68. The van der Waals surface area contributed by atoms with Crippen molar-refractivity contribution in [3.8, 4) is 0 Å². The van der Waals surface area contributed by atoms with E-state index in [1.165, 1.54) is 12.0 Å². The summed E-state index contributed by atoms with van der Waals surface area (Å²) in [7, 11) is 1.31. The van der Waals surface area contributed by atoms with Crippen LogP contribution >= 0.6 is 0 Å². The molecule has 1 saturated heterocycles. The van der Waals surface area contributed by atoms with Crippen LogP contribution < -0.4 is 5.73 Å². The maximum atomic E-state index is 12.4. The van der Waals surface area contributed by atoms with E-state index in [1.807, 2.05) is 6.92 Å². The van der Waals surface area contributed by atoms with Crippen LogP contribution in [0.3, 0.4) is 0 Å². The monoisotopic (exact) mass is 258 g/mol. The molecule has 18 heavy (non-hydrogen) atoms. The molecule has 1 rings (SSSR count). The number of methoxy groups -OCH3 is 1. The second-order valence-corrected chi connectivity index (χ2v) is 4.57. The largest absolute Gasteiger partial charge is 0.468 e. The highest BCUT2D eigenvalue weighted by molar-refractivity contribution is 5.89. The third-order valence-electron chi connectivity index (χ3n) is 3.14. The average Bonchev–Trinajstić information content (AvgIpc) is 2.38. The molecular formula is C12H22N2O4. The Bertz CT molecular complexity index is 300. The number of hydrogen-bond donors (Lipinski definition) is 1. The summed E-state index contributed by atoms with van der Waals surface area (Å²) in [5, 5.41) is 0. The number of carbonyl (C=O) groups excluding carboxylic acids is 2. The van der Waals surface area contributed by atoms with Gasteiger partial charge in [-0.1, -0.05) is 6.92 Å². The minimum Gasteiger partial charge on any atom is -0.468 e. The van der Waals surface area contributed by atoms with E-state index >= 15 is 0 Å². The molecule has 6 heteroatoms. The van der Waals surface area contributed by atoms with Crippen LogP contribution in [0.4, 0.5) is 0 Å². The molecule has 1 fully saturated rings. The van der Waals surface area contributed by atoms with Gasteiger partial charge in [-0.15, -0.1) is 0 Å². The van der Waals surface area contributed by atoms with Gasteiger partial charge in [-0.25, -0.2) is 0 Å². The zero-order chi connectivity index (χ0) is 13.6. The van der Waals surface area contributed by atoms with Gasteiger partial charge in [0, 0.05) is 19.8 Å². The molecule has 0 bridgehead atoms. The van der Waals surface area contributed by atoms with Crippen molar-refractivity contribution < 1.29 is 19.1 Å². The predicted molar refractivity (Wildman–Crippen MR) is 65.9 cm³/mol. The summed E-state index contributed by atoms with van der Waals surface area (Å²) >= 11 is 0. The van der Waals surface area contributed by atoms with Gasteiger partial charge in [0.2, 0.25) is 5.91 Å². The lowest BCUT2D eigenvalue weighted by molar-refractivity contribution is -0.150. The molecule has 1 aliphatic heterocycles. The lowest BCUT2D eigenvalue weighted by Gasteiger charge is -2.36. The first-order valence-electron chi connectivity index (χ1n) is 6.26. The molecule has 1 heterocycles. The number of rotatable bonds is 5. The van der Waals surface area contributed by atoms with Crippen molar-refractivity contribution in [1.82, 2.24) is 4.90 Å². The van der Waals surface area contributed by atoms with Crippen molar-refractivity contribution in [2.45, 2.75) is 31.7 Å². The molecular weight excluding hydrogens is 236 g/mol. The Morgan fingerprint density at radius 1 is 1.39 bits per heavy atom. The quantitative estimate of drug-likeness (QED) is 0.697. The summed E-state index contributed by atoms with van der Waals surface area (Å²) < 4.78 is 9.81. The Hall–Kier alpha value is -1.14. The normalized spacial score (nSPS) is 18.2. The molecule has 0 aromatic rings. The topological polar surface area (TPSA) is 81.9 Å². The van der Waals surface area contributed by atoms with Gasteiger partial charge in [-0.2, -0.15) is 0 Å². The zero-order valence-electron chi connectivity index (χ0n) is 11.1. The molecule has 2 N–H and O–H groups in total. The van der Waals surface area contributed by atoms with Crippen molar-refractivity contribution in [3.63, 3.8) is 0 Å². The first-order valence-corrected chi connectivity index (χ1v) is 6.26. The summed E-state index contributed by atoms with van der Waals surface area (Å²) in [5.41, 5.74) is 5.23. The summed E-state index contributed by atoms with van der Waals surface area (Å²) in [6, 6.07) is 0. The van der Waals surface area contributed by atoms with Crippen LogP contribution in [0, 0.1) is 0 Å². The molecule has 1 aliphatic rings. The molecule has 0 atom stereocenters. The first-order chi connectivity index (χ1) is 8.53. The van der Waals surface area contributed by atoms with Crippen LogP contribution in [0.2, 0.25) is 0 Å². The maximum absolute atomic E-state index is 12.4. The third-order valence-corrected chi connectivity index (χ3v) is 3.14. The highest BCUT2D eigenvalue weighted by atomic mass is 16.5. The lowest BCUT2D eigenvalue weighted by atomic mass is 9.89. The minimum absolute atomic E-state index is 0.0387. The second kappa shape index (κ2) is 6.70. The molecule has 0 saturated carbocycles. The molecule has 0 aromatic heterocycles. The van der Waals surface area contributed by atoms with Crippen molar-refractivity contribution in [2.24, 2.45) is 5.73 Å². The number of hydrogen-bond acceptors (Lipinski definition) is 5. The van der Waals surface area contributed by atoms with Crippen LogP contribution in [0.1, 0.15) is 26.2 Å². The van der Waals surface area contributed by atoms with E-state index in [4.69, 9.17) is 10.5 Å². The smallest absolute Gasteiger partial charge is 0.325 e. The maximum Gasteiger partial charge on any atom is 0.325 e. The molecule has 1 amide bonds. The number of amides is 1. The Labute approximate surface area is 107 Å². The SMILES string of the molecule is CCCN(CC(=O)OC)C(=O)C1(N)CCOCC1. The van der Waals surface area contributed by atoms with Gasteiger partial charge < -0.3 is 20.1 Å². The van der Waals surface area contributed by atoms with E-state index < -0.39 is 11.5 Å². The molecule has 0 unspecified atom stereocenters. The molecule has 0 radical (unpaired) electrons. The Morgan fingerprint density at radius 2 is 2.00 bits per heavy atom. The van der Waals surface area contributed by atoms with Gasteiger partial charge in [0.05, 0.1) is 12.6 Å². The zero-order valence-corrected chi connectivity index (χ0v) is 11.1. The fraction of sp³-hybridized carbons (Fsp3) is 0.833. The van der Waals surface area contributed by atoms with Crippen molar-refractivity contribution in [2.75, 3.05) is 33.4 Å². The van der Waals surface area contributed by atoms with E-state index in [1.54, 1.807) is 0 Å². The summed E-state index contributed by atoms with van der Waals surface area (Å²) in [4.78, 5) is 25.2. The highest BCUT2D eigenvalue weighted by Gasteiger charge is 2.39.